The summed E-state index contributed by atoms with van der Waals surface area (Å²) in [6.45, 7) is 2.14. The molecule has 1 aliphatic carbocycles. The quantitative estimate of drug-likeness (QED) is 0.183. The minimum atomic E-state index is 0.155. The molecular weight excluding hydrogens is 611 g/mol. The highest BCUT2D eigenvalue weighted by Gasteiger charge is 2.22. The molecule has 240 valence electrons. The summed E-state index contributed by atoms with van der Waals surface area (Å²) in [7, 11) is 0. The number of aromatic hydroxyl groups is 1. The fraction of sp³-hybridized carbons (Fsp3) is 0.0638. The van der Waals surface area contributed by atoms with E-state index in [-0.39, 0.29) is 5.75 Å². The number of phenols is 1. The van der Waals surface area contributed by atoms with Gasteiger partial charge in [-0.2, -0.15) is 0 Å². The molecule has 0 unspecified atom stereocenters. The van der Waals surface area contributed by atoms with E-state index in [0.717, 1.165) is 68.2 Å². The molecule has 9 rings (SSSR count). The summed E-state index contributed by atoms with van der Waals surface area (Å²) in [5.74, 6) is 0.155. The first-order chi connectivity index (χ1) is 24.5. The van der Waals surface area contributed by atoms with Crippen LogP contribution in [0, 0.1) is 6.92 Å². The molecule has 0 atom stereocenters. The Hall–Kier alpha value is -6.32. The lowest BCUT2D eigenvalue weighted by Gasteiger charge is -2.21. The summed E-state index contributed by atoms with van der Waals surface area (Å²) >= 11 is 0. The third kappa shape index (κ3) is 4.98. The van der Waals surface area contributed by atoms with Crippen molar-refractivity contribution in [2.75, 3.05) is 5.73 Å². The second kappa shape index (κ2) is 12.0. The lowest BCUT2D eigenvalue weighted by molar-refractivity contribution is 0.477. The molecule has 7 aromatic carbocycles. The van der Waals surface area contributed by atoms with Crippen molar-refractivity contribution in [1.29, 1.82) is 0 Å². The van der Waals surface area contributed by atoms with Gasteiger partial charge in [0.1, 0.15) is 16.9 Å². The number of anilines is 1. The Morgan fingerprint density at radius 3 is 2.16 bits per heavy atom. The van der Waals surface area contributed by atoms with E-state index in [1.165, 1.54) is 33.0 Å². The number of allylic oxidation sites excluding steroid dienone is 4. The van der Waals surface area contributed by atoms with Crippen molar-refractivity contribution in [2.45, 2.75) is 19.8 Å². The monoisotopic (exact) mass is 645 g/mol. The number of benzene rings is 7. The van der Waals surface area contributed by atoms with Crippen molar-refractivity contribution >= 4 is 49.5 Å². The van der Waals surface area contributed by atoms with Crippen LogP contribution in [0.5, 0.6) is 5.75 Å². The van der Waals surface area contributed by atoms with Crippen LogP contribution in [0.3, 0.4) is 0 Å². The predicted molar refractivity (Wildman–Crippen MR) is 210 cm³/mol. The van der Waals surface area contributed by atoms with Gasteiger partial charge in [0, 0.05) is 21.9 Å². The first kappa shape index (κ1) is 29.8. The highest BCUT2D eigenvalue weighted by molar-refractivity contribution is 6.10. The second-order valence-corrected chi connectivity index (χ2v) is 13.2. The Morgan fingerprint density at radius 2 is 1.30 bits per heavy atom. The minimum absolute atomic E-state index is 0.155. The number of furan rings is 1. The van der Waals surface area contributed by atoms with Gasteiger partial charge in [0.15, 0.2) is 0 Å². The molecule has 0 amide bonds. The van der Waals surface area contributed by atoms with E-state index in [2.05, 4.69) is 122 Å². The Morgan fingerprint density at radius 1 is 0.580 bits per heavy atom. The van der Waals surface area contributed by atoms with Gasteiger partial charge in [-0.05, 0) is 117 Å². The van der Waals surface area contributed by atoms with Gasteiger partial charge in [-0.25, -0.2) is 0 Å². The molecule has 0 saturated heterocycles. The van der Waals surface area contributed by atoms with Crippen LogP contribution in [-0.2, 0) is 0 Å². The van der Waals surface area contributed by atoms with Gasteiger partial charge in [-0.1, -0.05) is 115 Å². The van der Waals surface area contributed by atoms with Gasteiger partial charge >= 0.3 is 0 Å². The lowest BCUT2D eigenvalue weighted by Crippen LogP contribution is -2.00. The first-order valence-electron chi connectivity index (χ1n) is 17.2. The Bertz CT molecular complexity index is 2690. The average Bonchev–Trinajstić information content (AvgIpc) is 3.52. The maximum Gasteiger partial charge on any atom is 0.136 e. The van der Waals surface area contributed by atoms with Crippen LogP contribution < -0.4 is 5.73 Å². The third-order valence-electron chi connectivity index (χ3n) is 10.2. The zero-order chi connectivity index (χ0) is 33.8. The number of aryl methyl sites for hydroxylation is 1. The SMILES string of the molecule is Cc1ccccc1-c1cc2c(cc1-c1ccc(O)c(-c3ccccc3C3=CC(c4ccc5ccccc5c4)=CCC3)c1N)oc1ccccc12. The van der Waals surface area contributed by atoms with Crippen LogP contribution in [0.4, 0.5) is 5.69 Å². The fourth-order valence-corrected chi connectivity index (χ4v) is 7.68. The average molecular weight is 646 g/mol. The number of hydrogen-bond donors (Lipinski definition) is 2. The van der Waals surface area contributed by atoms with Crippen LogP contribution in [0.15, 0.2) is 156 Å². The zero-order valence-electron chi connectivity index (χ0n) is 27.8. The number of rotatable bonds is 5. The number of fused-ring (bicyclic) bond motifs is 4. The zero-order valence-corrected chi connectivity index (χ0v) is 27.8. The van der Waals surface area contributed by atoms with E-state index >= 15 is 0 Å². The van der Waals surface area contributed by atoms with Crippen molar-refractivity contribution in [3.05, 3.63) is 168 Å². The summed E-state index contributed by atoms with van der Waals surface area (Å²) < 4.78 is 6.38. The second-order valence-electron chi connectivity index (χ2n) is 13.2. The van der Waals surface area contributed by atoms with E-state index in [9.17, 15) is 5.11 Å². The Balaban J connectivity index is 1.21. The van der Waals surface area contributed by atoms with E-state index in [4.69, 9.17) is 10.2 Å². The van der Waals surface area contributed by atoms with Gasteiger partial charge < -0.3 is 15.3 Å². The number of para-hydroxylation sites is 1. The molecule has 0 aliphatic heterocycles. The molecule has 1 heterocycles. The highest BCUT2D eigenvalue weighted by Crippen LogP contribution is 2.48. The molecule has 1 aliphatic rings. The maximum atomic E-state index is 11.5. The van der Waals surface area contributed by atoms with E-state index in [1.807, 2.05) is 30.3 Å². The molecule has 0 spiro atoms. The lowest BCUT2D eigenvalue weighted by atomic mass is 9.84. The maximum absolute atomic E-state index is 11.5. The number of hydrogen-bond acceptors (Lipinski definition) is 3. The molecule has 50 heavy (non-hydrogen) atoms. The standard InChI is InChI=1S/C47H35NO2/c1-29-11-2-5-16-35(29)40-27-42-37-18-8-9-20-44(37)50-45(42)28-41(40)39-23-24-43(49)46(47(39)48)38-19-7-6-17-36(38)34-15-10-14-32(26-34)33-22-21-30-12-3-4-13-31(30)25-33/h2-9,11-14,16-28,49H,10,15,48H2,1H3. The molecule has 3 N–H and O–H groups in total. The fourth-order valence-electron chi connectivity index (χ4n) is 7.68. The highest BCUT2D eigenvalue weighted by atomic mass is 16.3. The van der Waals surface area contributed by atoms with Crippen LogP contribution in [0.25, 0.3) is 77.2 Å². The normalized spacial score (nSPS) is 13.1. The molecule has 0 fully saturated rings. The van der Waals surface area contributed by atoms with Gasteiger partial charge in [0.05, 0.1) is 5.69 Å². The van der Waals surface area contributed by atoms with Crippen molar-refractivity contribution in [3.8, 4) is 39.1 Å². The van der Waals surface area contributed by atoms with Crippen molar-refractivity contribution in [1.82, 2.24) is 0 Å². The molecule has 3 nitrogen and oxygen atoms in total. The van der Waals surface area contributed by atoms with E-state index in [1.54, 1.807) is 6.07 Å². The predicted octanol–water partition coefficient (Wildman–Crippen LogP) is 12.6. The molecule has 1 aromatic heterocycles. The smallest absolute Gasteiger partial charge is 0.136 e. The number of nitrogen functional groups attached to an aromatic ring is 1. The molecule has 3 heteroatoms. The molecule has 0 saturated carbocycles. The van der Waals surface area contributed by atoms with Crippen LogP contribution in [0.2, 0.25) is 0 Å². The molecular formula is C47H35NO2. The van der Waals surface area contributed by atoms with E-state index in [0.29, 0.717) is 11.3 Å². The van der Waals surface area contributed by atoms with Crippen molar-refractivity contribution in [3.63, 3.8) is 0 Å². The summed E-state index contributed by atoms with van der Waals surface area (Å²) in [6.07, 6.45) is 6.45. The number of phenolic OH excluding ortho intramolecular Hbond substituents is 1. The summed E-state index contributed by atoms with van der Waals surface area (Å²) in [6, 6.07) is 48.1. The Labute approximate surface area is 291 Å². The summed E-state index contributed by atoms with van der Waals surface area (Å²) in [5, 5.41) is 16.1. The number of nitrogens with two attached hydrogens (primary N) is 1. The first-order valence-corrected chi connectivity index (χ1v) is 17.2. The molecule has 0 radical (unpaired) electrons. The van der Waals surface area contributed by atoms with Crippen LogP contribution in [0.1, 0.15) is 29.5 Å². The topological polar surface area (TPSA) is 59.4 Å². The van der Waals surface area contributed by atoms with Crippen molar-refractivity contribution < 1.29 is 9.52 Å². The van der Waals surface area contributed by atoms with Gasteiger partial charge in [-0.3, -0.25) is 0 Å². The van der Waals surface area contributed by atoms with E-state index < -0.39 is 0 Å². The summed E-state index contributed by atoms with van der Waals surface area (Å²) in [5.41, 5.74) is 20.8. The third-order valence-corrected chi connectivity index (χ3v) is 10.2. The van der Waals surface area contributed by atoms with Crippen molar-refractivity contribution in [2.24, 2.45) is 0 Å². The largest absolute Gasteiger partial charge is 0.507 e. The minimum Gasteiger partial charge on any atom is -0.507 e. The van der Waals surface area contributed by atoms with Crippen LogP contribution >= 0.6 is 0 Å². The Kier molecular flexibility index (Phi) is 7.14. The van der Waals surface area contributed by atoms with Gasteiger partial charge in [-0.15, -0.1) is 0 Å². The molecule has 8 aromatic rings. The van der Waals surface area contributed by atoms with Gasteiger partial charge in [0.25, 0.3) is 0 Å². The molecule has 0 bridgehead atoms. The van der Waals surface area contributed by atoms with Crippen LogP contribution in [-0.4, -0.2) is 5.11 Å². The summed E-state index contributed by atoms with van der Waals surface area (Å²) in [4.78, 5) is 0. The van der Waals surface area contributed by atoms with Gasteiger partial charge in [0.2, 0.25) is 0 Å².